The molecule has 7 heteroatoms. The summed E-state index contributed by atoms with van der Waals surface area (Å²) >= 11 is 0. The Bertz CT molecular complexity index is 957. The zero-order chi connectivity index (χ0) is 20.9. The lowest BCUT2D eigenvalue weighted by Gasteiger charge is -2.37. The normalized spacial score (nSPS) is 18.3. The number of anilines is 1. The smallest absolute Gasteiger partial charge is 0.174 e. The molecule has 2 aromatic heterocycles. The number of ether oxygens (including phenoxy) is 1. The second kappa shape index (κ2) is 9.36. The molecule has 1 fully saturated rings. The molecule has 158 valence electrons. The molecule has 1 aliphatic heterocycles. The number of benzene rings is 1. The Kier molecular flexibility index (Phi) is 6.40. The van der Waals surface area contributed by atoms with Crippen LogP contribution in [0.1, 0.15) is 30.3 Å². The molecule has 4 rings (SSSR count). The minimum absolute atomic E-state index is 0.103. The van der Waals surface area contributed by atoms with Crippen LogP contribution in [0.2, 0.25) is 0 Å². The number of aryl methyl sites for hydroxylation is 2. The summed E-state index contributed by atoms with van der Waals surface area (Å²) < 4.78 is 7.97. The third-order valence-corrected chi connectivity index (χ3v) is 5.50. The molecule has 0 bridgehead atoms. The first kappa shape index (κ1) is 20.5. The lowest BCUT2D eigenvalue weighted by atomic mass is 10.1. The molecule has 0 amide bonds. The molecule has 1 saturated heterocycles. The van der Waals surface area contributed by atoms with E-state index in [0.717, 1.165) is 55.7 Å². The van der Waals surface area contributed by atoms with Crippen LogP contribution < -0.4 is 5.32 Å². The largest absolute Gasteiger partial charge is 0.373 e. The molecule has 1 aliphatic rings. The van der Waals surface area contributed by atoms with E-state index >= 15 is 0 Å². The average Bonchev–Trinajstić information content (AvgIpc) is 3.11. The Morgan fingerprint density at radius 1 is 1.20 bits per heavy atom. The van der Waals surface area contributed by atoms with Gasteiger partial charge in [0.2, 0.25) is 0 Å². The second-order valence-corrected chi connectivity index (χ2v) is 7.89. The molecule has 1 N–H and O–H groups in total. The first-order chi connectivity index (χ1) is 14.6. The lowest BCUT2D eigenvalue weighted by molar-refractivity contribution is -0.0403. The van der Waals surface area contributed by atoms with Crippen LogP contribution in [0.5, 0.6) is 0 Å². The third kappa shape index (κ3) is 4.86. The van der Waals surface area contributed by atoms with E-state index in [1.165, 1.54) is 5.56 Å². The topological polar surface area (TPSA) is 68.1 Å². The standard InChI is InChI=1S/C23H30N6O/c1-4-20(21-16-28(10-11-30-21)15-19-8-6-5-7-9-19)25-22-13-24-14-23(26-22)29-18(3)12-17(2)27-29/h5-9,12-14,20-21H,4,10-11,15-16H2,1-3H3,(H,25,26). The van der Waals surface area contributed by atoms with E-state index in [9.17, 15) is 0 Å². The number of nitrogens with zero attached hydrogens (tertiary/aromatic N) is 5. The Morgan fingerprint density at radius 2 is 2.03 bits per heavy atom. The summed E-state index contributed by atoms with van der Waals surface area (Å²) in [5.41, 5.74) is 3.34. The summed E-state index contributed by atoms with van der Waals surface area (Å²) in [4.78, 5) is 11.6. The van der Waals surface area contributed by atoms with E-state index in [-0.39, 0.29) is 12.1 Å². The lowest BCUT2D eigenvalue weighted by Crippen LogP contribution is -2.49. The van der Waals surface area contributed by atoms with Crippen molar-refractivity contribution in [2.45, 2.75) is 45.9 Å². The van der Waals surface area contributed by atoms with Crippen LogP contribution in [-0.4, -0.2) is 56.5 Å². The summed E-state index contributed by atoms with van der Waals surface area (Å²) in [5, 5.41) is 8.07. The van der Waals surface area contributed by atoms with E-state index in [1.807, 2.05) is 24.6 Å². The highest BCUT2D eigenvalue weighted by atomic mass is 16.5. The summed E-state index contributed by atoms with van der Waals surface area (Å²) in [5.74, 6) is 1.46. The van der Waals surface area contributed by atoms with E-state index < -0.39 is 0 Å². The Hall–Kier alpha value is -2.77. The van der Waals surface area contributed by atoms with Gasteiger partial charge in [-0.3, -0.25) is 9.88 Å². The number of rotatable bonds is 7. The fourth-order valence-corrected chi connectivity index (χ4v) is 4.00. The van der Waals surface area contributed by atoms with Crippen molar-refractivity contribution in [1.82, 2.24) is 24.6 Å². The monoisotopic (exact) mass is 406 g/mol. The number of hydrogen-bond acceptors (Lipinski definition) is 6. The average molecular weight is 407 g/mol. The molecule has 0 aliphatic carbocycles. The van der Waals surface area contributed by atoms with Crippen molar-refractivity contribution in [3.63, 3.8) is 0 Å². The van der Waals surface area contributed by atoms with Gasteiger partial charge in [-0.1, -0.05) is 37.3 Å². The van der Waals surface area contributed by atoms with Gasteiger partial charge in [-0.2, -0.15) is 5.10 Å². The zero-order valence-corrected chi connectivity index (χ0v) is 18.0. The van der Waals surface area contributed by atoms with Crippen LogP contribution in [-0.2, 0) is 11.3 Å². The first-order valence-electron chi connectivity index (χ1n) is 10.6. The van der Waals surface area contributed by atoms with Crippen LogP contribution in [0.4, 0.5) is 5.82 Å². The summed E-state index contributed by atoms with van der Waals surface area (Å²) in [6.45, 7) is 9.72. The summed E-state index contributed by atoms with van der Waals surface area (Å²) in [7, 11) is 0. The molecule has 1 aromatic carbocycles. The number of nitrogens with one attached hydrogen (secondary N) is 1. The van der Waals surface area contributed by atoms with Gasteiger partial charge in [0.25, 0.3) is 0 Å². The van der Waals surface area contributed by atoms with E-state index in [2.05, 4.69) is 57.6 Å². The molecular weight excluding hydrogens is 376 g/mol. The van der Waals surface area contributed by atoms with Gasteiger partial charge in [0.05, 0.1) is 36.8 Å². The highest BCUT2D eigenvalue weighted by Crippen LogP contribution is 2.18. The fraction of sp³-hybridized carbons (Fsp3) is 0.435. The van der Waals surface area contributed by atoms with Crippen molar-refractivity contribution >= 4 is 5.82 Å². The van der Waals surface area contributed by atoms with Crippen molar-refractivity contribution < 1.29 is 4.74 Å². The van der Waals surface area contributed by atoms with Crippen molar-refractivity contribution in [2.24, 2.45) is 0 Å². The van der Waals surface area contributed by atoms with Gasteiger partial charge in [0.1, 0.15) is 5.82 Å². The number of morpholine rings is 1. The molecule has 2 atom stereocenters. The maximum atomic E-state index is 6.14. The van der Waals surface area contributed by atoms with Crippen LogP contribution in [0.25, 0.3) is 5.82 Å². The zero-order valence-electron chi connectivity index (χ0n) is 18.0. The Morgan fingerprint density at radius 3 is 2.77 bits per heavy atom. The van der Waals surface area contributed by atoms with E-state index in [1.54, 1.807) is 12.4 Å². The predicted molar refractivity (Wildman–Crippen MR) is 118 cm³/mol. The Labute approximate surface area is 178 Å². The predicted octanol–water partition coefficient (Wildman–Crippen LogP) is 3.37. The summed E-state index contributed by atoms with van der Waals surface area (Å²) in [6, 6.07) is 12.8. The van der Waals surface area contributed by atoms with Gasteiger partial charge in [-0.05, 0) is 31.9 Å². The van der Waals surface area contributed by atoms with Crippen LogP contribution >= 0.6 is 0 Å². The molecular formula is C23H30N6O. The van der Waals surface area contributed by atoms with Crippen molar-refractivity contribution in [1.29, 1.82) is 0 Å². The van der Waals surface area contributed by atoms with Gasteiger partial charge in [0, 0.05) is 25.3 Å². The SMILES string of the molecule is CCC(Nc1cncc(-n2nc(C)cc2C)n1)C1CN(Cc2ccccc2)CCO1. The van der Waals surface area contributed by atoms with E-state index in [4.69, 9.17) is 9.72 Å². The molecule has 0 saturated carbocycles. The number of hydrogen-bond donors (Lipinski definition) is 1. The Balaban J connectivity index is 1.44. The maximum absolute atomic E-state index is 6.14. The second-order valence-electron chi connectivity index (χ2n) is 7.89. The van der Waals surface area contributed by atoms with Gasteiger partial charge in [-0.25, -0.2) is 9.67 Å². The fourth-order valence-electron chi connectivity index (χ4n) is 4.00. The third-order valence-electron chi connectivity index (χ3n) is 5.50. The first-order valence-corrected chi connectivity index (χ1v) is 10.6. The molecule has 30 heavy (non-hydrogen) atoms. The van der Waals surface area contributed by atoms with Crippen LogP contribution in [0.15, 0.2) is 48.8 Å². The molecule has 2 unspecified atom stereocenters. The van der Waals surface area contributed by atoms with Crippen molar-refractivity contribution in [3.8, 4) is 5.82 Å². The maximum Gasteiger partial charge on any atom is 0.174 e. The van der Waals surface area contributed by atoms with Crippen molar-refractivity contribution in [2.75, 3.05) is 25.0 Å². The van der Waals surface area contributed by atoms with Crippen molar-refractivity contribution in [3.05, 3.63) is 65.7 Å². The van der Waals surface area contributed by atoms with Crippen LogP contribution in [0, 0.1) is 13.8 Å². The number of aromatic nitrogens is 4. The minimum Gasteiger partial charge on any atom is -0.373 e. The molecule has 0 spiro atoms. The quantitative estimate of drug-likeness (QED) is 0.649. The van der Waals surface area contributed by atoms with Gasteiger partial charge >= 0.3 is 0 Å². The molecule has 7 nitrogen and oxygen atoms in total. The van der Waals surface area contributed by atoms with Gasteiger partial charge < -0.3 is 10.1 Å². The van der Waals surface area contributed by atoms with E-state index in [0.29, 0.717) is 0 Å². The van der Waals surface area contributed by atoms with Crippen LogP contribution in [0.3, 0.4) is 0 Å². The highest BCUT2D eigenvalue weighted by molar-refractivity contribution is 5.38. The molecule has 3 aromatic rings. The summed E-state index contributed by atoms with van der Waals surface area (Å²) in [6.07, 6.45) is 4.55. The van der Waals surface area contributed by atoms with Gasteiger partial charge in [-0.15, -0.1) is 0 Å². The highest BCUT2D eigenvalue weighted by Gasteiger charge is 2.27. The van der Waals surface area contributed by atoms with Gasteiger partial charge in [0.15, 0.2) is 5.82 Å². The molecule has 0 radical (unpaired) electrons. The minimum atomic E-state index is 0.103. The molecule has 3 heterocycles.